The third-order valence-corrected chi connectivity index (χ3v) is 2.72. The minimum Gasteiger partial charge on any atom is -0.288 e. The molecule has 1 rings (SSSR count). The predicted octanol–water partition coefficient (Wildman–Crippen LogP) is 1.47. The summed E-state index contributed by atoms with van der Waals surface area (Å²) in [5.41, 5.74) is 2.06. The molecule has 0 aliphatic rings. The van der Waals surface area contributed by atoms with E-state index in [0.717, 1.165) is 2.88 Å². The van der Waals surface area contributed by atoms with Gasteiger partial charge in [0.1, 0.15) is 0 Å². The van der Waals surface area contributed by atoms with Crippen molar-refractivity contribution in [2.24, 2.45) is 0 Å². The molecule has 0 spiro atoms. The summed E-state index contributed by atoms with van der Waals surface area (Å²) in [6.45, 7) is 0. The molecule has 0 saturated carbocycles. The maximum absolute atomic E-state index is 10.7. The second kappa shape index (κ2) is 3.31. The molecule has 0 aromatic carbocycles. The summed E-state index contributed by atoms with van der Waals surface area (Å²) < 4.78 is 1.02. The zero-order chi connectivity index (χ0) is 7.56. The van der Waals surface area contributed by atoms with E-state index >= 15 is 0 Å². The summed E-state index contributed by atoms with van der Waals surface area (Å²) in [6, 6.07) is 1.71. The lowest BCUT2D eigenvalue weighted by molar-refractivity contribution is 0.0707. The van der Waals surface area contributed by atoms with Gasteiger partial charge < -0.3 is 0 Å². The molecule has 1 amide bonds. The van der Waals surface area contributed by atoms with Crippen molar-refractivity contribution in [2.75, 3.05) is 0 Å². The number of nitrogens with one attached hydrogen (secondary N) is 1. The van der Waals surface area contributed by atoms with E-state index < -0.39 is 5.91 Å². The molecule has 2 N–H and O–H groups in total. The van der Waals surface area contributed by atoms with Gasteiger partial charge in [-0.2, -0.15) is 0 Å². The second-order valence-electron chi connectivity index (χ2n) is 1.58. The van der Waals surface area contributed by atoms with E-state index in [1.54, 1.807) is 16.9 Å². The fraction of sp³-hybridized carbons (Fsp3) is 0. The molecule has 54 valence electrons. The van der Waals surface area contributed by atoms with Crippen LogP contribution in [0.15, 0.2) is 11.4 Å². The van der Waals surface area contributed by atoms with Crippen LogP contribution in [0.5, 0.6) is 0 Å². The van der Waals surface area contributed by atoms with Gasteiger partial charge in [-0.15, -0.1) is 11.3 Å². The van der Waals surface area contributed by atoms with Crippen molar-refractivity contribution in [3.63, 3.8) is 0 Å². The van der Waals surface area contributed by atoms with Gasteiger partial charge >= 0.3 is 0 Å². The van der Waals surface area contributed by atoms with E-state index in [9.17, 15) is 4.79 Å². The SMILES string of the molecule is O=C(NO)c1csc(I)c1. The van der Waals surface area contributed by atoms with Gasteiger partial charge in [0.15, 0.2) is 0 Å². The van der Waals surface area contributed by atoms with Crippen LogP contribution in [0.1, 0.15) is 10.4 Å². The third-order valence-electron chi connectivity index (χ3n) is 0.931. The predicted molar refractivity (Wildman–Crippen MR) is 46.3 cm³/mol. The Hall–Kier alpha value is -0.140. The fourth-order valence-electron chi connectivity index (χ4n) is 0.494. The summed E-state index contributed by atoms with van der Waals surface area (Å²) in [4.78, 5) is 10.7. The zero-order valence-electron chi connectivity index (χ0n) is 4.80. The van der Waals surface area contributed by atoms with Gasteiger partial charge in [0.05, 0.1) is 8.45 Å². The van der Waals surface area contributed by atoms with E-state index in [2.05, 4.69) is 22.6 Å². The Bertz CT molecular complexity index is 248. The van der Waals surface area contributed by atoms with Crippen molar-refractivity contribution in [1.29, 1.82) is 0 Å². The van der Waals surface area contributed by atoms with Crippen molar-refractivity contribution < 1.29 is 10.0 Å². The van der Waals surface area contributed by atoms with E-state index in [4.69, 9.17) is 5.21 Å². The average molecular weight is 269 g/mol. The van der Waals surface area contributed by atoms with E-state index in [0.29, 0.717) is 5.56 Å². The first kappa shape index (κ1) is 7.96. The number of halogens is 1. The highest BCUT2D eigenvalue weighted by Crippen LogP contribution is 2.15. The number of thiophene rings is 1. The van der Waals surface area contributed by atoms with Crippen LogP contribution in [0.25, 0.3) is 0 Å². The van der Waals surface area contributed by atoms with Crippen LogP contribution in [0.2, 0.25) is 0 Å². The molecule has 5 heteroatoms. The maximum atomic E-state index is 10.7. The first-order valence-electron chi connectivity index (χ1n) is 2.42. The van der Waals surface area contributed by atoms with Crippen LogP contribution in [-0.2, 0) is 0 Å². The van der Waals surface area contributed by atoms with Gasteiger partial charge in [-0.05, 0) is 28.7 Å². The topological polar surface area (TPSA) is 49.3 Å². The Morgan fingerprint density at radius 1 is 1.80 bits per heavy atom. The Kier molecular flexibility index (Phi) is 2.64. The summed E-state index contributed by atoms with van der Waals surface area (Å²) in [5.74, 6) is -0.459. The largest absolute Gasteiger partial charge is 0.288 e. The quantitative estimate of drug-likeness (QED) is 0.461. The van der Waals surface area contributed by atoms with Gasteiger partial charge in [0.2, 0.25) is 0 Å². The van der Waals surface area contributed by atoms with Crippen LogP contribution < -0.4 is 5.48 Å². The molecule has 0 unspecified atom stereocenters. The van der Waals surface area contributed by atoms with Crippen LogP contribution in [0.4, 0.5) is 0 Å². The summed E-state index contributed by atoms with van der Waals surface area (Å²) in [6.07, 6.45) is 0. The van der Waals surface area contributed by atoms with Gasteiger partial charge in [0.25, 0.3) is 5.91 Å². The van der Waals surface area contributed by atoms with Crippen LogP contribution in [0.3, 0.4) is 0 Å². The van der Waals surface area contributed by atoms with Gasteiger partial charge in [-0.3, -0.25) is 10.0 Å². The third kappa shape index (κ3) is 1.68. The molecule has 0 aliphatic heterocycles. The molecule has 0 atom stereocenters. The number of hydrogen-bond acceptors (Lipinski definition) is 3. The van der Waals surface area contributed by atoms with Crippen molar-refractivity contribution in [1.82, 2.24) is 5.48 Å². The molecular formula is C5H4INO2S. The highest BCUT2D eigenvalue weighted by molar-refractivity contribution is 14.1. The smallest absolute Gasteiger partial charge is 0.275 e. The number of hydroxylamine groups is 1. The first-order chi connectivity index (χ1) is 4.74. The maximum Gasteiger partial charge on any atom is 0.275 e. The van der Waals surface area contributed by atoms with Crippen LogP contribution in [-0.4, -0.2) is 11.1 Å². The lowest BCUT2D eigenvalue weighted by Crippen LogP contribution is -2.17. The van der Waals surface area contributed by atoms with E-state index in [1.165, 1.54) is 11.3 Å². The van der Waals surface area contributed by atoms with E-state index in [1.807, 2.05) is 0 Å². The number of amides is 1. The average Bonchev–Trinajstić information content (AvgIpc) is 2.34. The number of carbonyl (C=O) groups is 1. The normalized spacial score (nSPS) is 9.40. The minimum atomic E-state index is -0.459. The number of hydrogen-bond donors (Lipinski definition) is 2. The minimum absolute atomic E-state index is 0.459. The zero-order valence-corrected chi connectivity index (χ0v) is 7.77. The van der Waals surface area contributed by atoms with Crippen LogP contribution in [0, 0.1) is 2.88 Å². The second-order valence-corrected chi connectivity index (χ2v) is 4.39. The first-order valence-corrected chi connectivity index (χ1v) is 4.38. The van der Waals surface area contributed by atoms with Gasteiger partial charge in [0, 0.05) is 5.38 Å². The van der Waals surface area contributed by atoms with Crippen molar-refractivity contribution in [3.8, 4) is 0 Å². The number of rotatable bonds is 1. The Labute approximate surface area is 75.2 Å². The highest BCUT2D eigenvalue weighted by atomic mass is 127. The lowest BCUT2D eigenvalue weighted by atomic mass is 10.3. The molecular weight excluding hydrogens is 265 g/mol. The Balaban J connectivity index is 2.85. The fourth-order valence-corrected chi connectivity index (χ4v) is 1.82. The molecule has 0 bridgehead atoms. The standard InChI is InChI=1S/C5H4INO2S/c6-4-1-3(2-10-4)5(8)7-9/h1-2,9H,(H,7,8). The van der Waals surface area contributed by atoms with Crippen molar-refractivity contribution in [3.05, 3.63) is 19.9 Å². The van der Waals surface area contributed by atoms with Crippen molar-refractivity contribution >= 4 is 39.8 Å². The molecule has 0 fully saturated rings. The molecule has 10 heavy (non-hydrogen) atoms. The van der Waals surface area contributed by atoms with Gasteiger partial charge in [-0.1, -0.05) is 0 Å². The Morgan fingerprint density at radius 3 is 2.90 bits per heavy atom. The summed E-state index contributed by atoms with van der Waals surface area (Å²) in [5, 5.41) is 9.89. The Morgan fingerprint density at radius 2 is 2.50 bits per heavy atom. The molecule has 1 heterocycles. The van der Waals surface area contributed by atoms with Crippen LogP contribution >= 0.6 is 33.9 Å². The molecule has 1 aromatic heterocycles. The summed E-state index contributed by atoms with van der Waals surface area (Å²) in [7, 11) is 0. The van der Waals surface area contributed by atoms with E-state index in [-0.39, 0.29) is 0 Å². The molecule has 0 saturated heterocycles. The molecule has 0 aliphatic carbocycles. The van der Waals surface area contributed by atoms with Gasteiger partial charge in [-0.25, -0.2) is 5.48 Å². The molecule has 3 nitrogen and oxygen atoms in total. The summed E-state index contributed by atoms with van der Waals surface area (Å²) >= 11 is 3.57. The monoisotopic (exact) mass is 269 g/mol. The lowest BCUT2D eigenvalue weighted by Gasteiger charge is -1.89. The molecule has 0 radical (unpaired) electrons. The van der Waals surface area contributed by atoms with Crippen molar-refractivity contribution in [2.45, 2.75) is 0 Å². The molecule has 1 aromatic rings. The highest BCUT2D eigenvalue weighted by Gasteiger charge is 2.04. The number of carbonyl (C=O) groups excluding carboxylic acids is 1.